The van der Waals surface area contributed by atoms with Crippen LogP contribution in [0.2, 0.25) is 0 Å². The Balaban J connectivity index is 1.45. The summed E-state index contributed by atoms with van der Waals surface area (Å²) in [5, 5.41) is 3.48. The Morgan fingerprint density at radius 1 is 0.640 bits per heavy atom. The van der Waals surface area contributed by atoms with Crippen molar-refractivity contribution < 1.29 is 0 Å². The molecule has 0 amide bonds. The number of hydrogen-bond acceptors (Lipinski definition) is 1. The topological polar surface area (TPSA) is 12.0 Å². The van der Waals surface area contributed by atoms with Gasteiger partial charge >= 0.3 is 0 Å². The molecule has 0 saturated carbocycles. The molecule has 0 saturated heterocycles. The van der Waals surface area contributed by atoms with Gasteiger partial charge in [0.1, 0.15) is 0 Å². The van der Waals surface area contributed by atoms with E-state index in [1.54, 1.807) is 0 Å². The van der Waals surface area contributed by atoms with Crippen LogP contribution in [-0.2, 0) is 0 Å². The number of anilines is 2. The van der Waals surface area contributed by atoms with E-state index in [1.807, 2.05) is 6.07 Å². The van der Waals surface area contributed by atoms with Gasteiger partial charge in [0.25, 0.3) is 0 Å². The first-order valence-electron chi connectivity index (χ1n) is 8.74. The molecular weight excluding hydrogens is 302 g/mol. The summed E-state index contributed by atoms with van der Waals surface area (Å²) in [6, 6.07) is 27.8. The Hall–Kier alpha value is -3.06. The standard InChI is InChI=1S/C24H21N/c1-3-7-19(8-4-1)21-11-15-23(16-12-21)25-24-17-13-22(14-18-24)20-9-5-2-6-10-20/h1-9,11-18,20,25H,10H2. The molecule has 1 aliphatic carbocycles. The van der Waals surface area contributed by atoms with Gasteiger partial charge in [0, 0.05) is 17.3 Å². The number of rotatable bonds is 4. The van der Waals surface area contributed by atoms with Crippen LogP contribution in [0.5, 0.6) is 0 Å². The van der Waals surface area contributed by atoms with Gasteiger partial charge in [-0.1, -0.05) is 78.9 Å². The van der Waals surface area contributed by atoms with Crippen molar-refractivity contribution in [3.63, 3.8) is 0 Å². The van der Waals surface area contributed by atoms with Gasteiger partial charge in [-0.05, 0) is 47.4 Å². The molecule has 25 heavy (non-hydrogen) atoms. The van der Waals surface area contributed by atoms with E-state index in [0.717, 1.165) is 17.8 Å². The summed E-state index contributed by atoms with van der Waals surface area (Å²) in [5.74, 6) is 0.504. The maximum Gasteiger partial charge on any atom is 0.0384 e. The van der Waals surface area contributed by atoms with Crippen LogP contribution in [0.1, 0.15) is 17.9 Å². The van der Waals surface area contributed by atoms with Crippen molar-refractivity contribution in [1.82, 2.24) is 0 Å². The molecule has 0 aliphatic heterocycles. The lowest BCUT2D eigenvalue weighted by Gasteiger charge is -2.14. The van der Waals surface area contributed by atoms with E-state index in [2.05, 4.69) is 102 Å². The second kappa shape index (κ2) is 7.23. The number of hydrogen-bond donors (Lipinski definition) is 1. The second-order valence-electron chi connectivity index (χ2n) is 6.35. The van der Waals surface area contributed by atoms with E-state index < -0.39 is 0 Å². The van der Waals surface area contributed by atoms with Crippen molar-refractivity contribution in [3.05, 3.63) is 109 Å². The number of benzene rings is 3. The van der Waals surface area contributed by atoms with Crippen molar-refractivity contribution in [1.29, 1.82) is 0 Å². The first-order chi connectivity index (χ1) is 12.4. The smallest absolute Gasteiger partial charge is 0.0384 e. The van der Waals surface area contributed by atoms with E-state index in [0.29, 0.717) is 5.92 Å². The van der Waals surface area contributed by atoms with Gasteiger partial charge in [0.15, 0.2) is 0 Å². The summed E-state index contributed by atoms with van der Waals surface area (Å²) in [6.45, 7) is 0. The van der Waals surface area contributed by atoms with Crippen molar-refractivity contribution in [2.75, 3.05) is 5.32 Å². The Bertz CT molecular complexity index is 872. The molecule has 1 atom stereocenters. The van der Waals surface area contributed by atoms with Gasteiger partial charge < -0.3 is 5.32 Å². The van der Waals surface area contributed by atoms with E-state index in [-0.39, 0.29) is 0 Å². The second-order valence-corrected chi connectivity index (χ2v) is 6.35. The summed E-state index contributed by atoms with van der Waals surface area (Å²) in [5.41, 5.74) is 6.07. The first-order valence-corrected chi connectivity index (χ1v) is 8.74. The van der Waals surface area contributed by atoms with Crippen LogP contribution >= 0.6 is 0 Å². The molecule has 3 aromatic carbocycles. The van der Waals surface area contributed by atoms with Crippen LogP contribution in [-0.4, -0.2) is 0 Å². The average Bonchev–Trinajstić information content (AvgIpc) is 2.71. The molecule has 122 valence electrons. The van der Waals surface area contributed by atoms with E-state index in [4.69, 9.17) is 0 Å². The minimum Gasteiger partial charge on any atom is -0.356 e. The highest BCUT2D eigenvalue weighted by atomic mass is 14.9. The zero-order chi connectivity index (χ0) is 16.9. The van der Waals surface area contributed by atoms with E-state index in [9.17, 15) is 0 Å². The highest BCUT2D eigenvalue weighted by Crippen LogP contribution is 2.27. The molecule has 1 heteroatoms. The quantitative estimate of drug-likeness (QED) is 0.563. The van der Waals surface area contributed by atoms with Gasteiger partial charge in [-0.2, -0.15) is 0 Å². The minimum absolute atomic E-state index is 0.504. The molecule has 1 unspecified atom stereocenters. The average molecular weight is 323 g/mol. The maximum absolute atomic E-state index is 3.48. The highest BCUT2D eigenvalue weighted by molar-refractivity contribution is 5.68. The van der Waals surface area contributed by atoms with Crippen LogP contribution in [0.25, 0.3) is 11.1 Å². The van der Waals surface area contributed by atoms with Gasteiger partial charge in [-0.15, -0.1) is 0 Å². The Morgan fingerprint density at radius 3 is 1.92 bits per heavy atom. The monoisotopic (exact) mass is 323 g/mol. The maximum atomic E-state index is 3.48. The molecule has 0 spiro atoms. The van der Waals surface area contributed by atoms with Crippen LogP contribution < -0.4 is 5.32 Å². The van der Waals surface area contributed by atoms with Gasteiger partial charge in [-0.3, -0.25) is 0 Å². The molecule has 0 bridgehead atoms. The normalized spacial score (nSPS) is 15.9. The molecule has 1 N–H and O–H groups in total. The summed E-state index contributed by atoms with van der Waals surface area (Å²) in [4.78, 5) is 0. The summed E-state index contributed by atoms with van der Waals surface area (Å²) in [6.07, 6.45) is 9.83. The fourth-order valence-electron chi connectivity index (χ4n) is 3.18. The van der Waals surface area contributed by atoms with Gasteiger partial charge in [0.2, 0.25) is 0 Å². The largest absolute Gasteiger partial charge is 0.356 e. The van der Waals surface area contributed by atoms with Crippen molar-refractivity contribution in [2.24, 2.45) is 0 Å². The van der Waals surface area contributed by atoms with Gasteiger partial charge in [-0.25, -0.2) is 0 Å². The molecule has 3 aromatic rings. The van der Waals surface area contributed by atoms with Crippen LogP contribution in [0.15, 0.2) is 103 Å². The predicted molar refractivity (Wildman–Crippen MR) is 107 cm³/mol. The summed E-state index contributed by atoms with van der Waals surface area (Å²) in [7, 11) is 0. The molecule has 0 fully saturated rings. The highest BCUT2D eigenvalue weighted by Gasteiger charge is 2.08. The van der Waals surface area contributed by atoms with Crippen molar-refractivity contribution >= 4 is 11.4 Å². The third-order valence-electron chi connectivity index (χ3n) is 4.60. The predicted octanol–water partition coefficient (Wildman–Crippen LogP) is 6.70. The fraction of sp³-hybridized carbons (Fsp3) is 0.0833. The molecule has 0 heterocycles. The molecule has 4 rings (SSSR count). The van der Waals surface area contributed by atoms with E-state index in [1.165, 1.54) is 16.7 Å². The Labute approximate surface area is 149 Å². The summed E-state index contributed by atoms with van der Waals surface area (Å²) < 4.78 is 0. The Morgan fingerprint density at radius 2 is 1.28 bits per heavy atom. The van der Waals surface area contributed by atoms with Gasteiger partial charge in [0.05, 0.1) is 0 Å². The SMILES string of the molecule is C1=CCC(c2ccc(Nc3ccc(-c4ccccc4)cc3)cc2)C=C1. The zero-order valence-electron chi connectivity index (χ0n) is 14.1. The summed E-state index contributed by atoms with van der Waals surface area (Å²) >= 11 is 0. The lowest BCUT2D eigenvalue weighted by atomic mass is 9.92. The number of nitrogens with one attached hydrogen (secondary N) is 1. The first kappa shape index (κ1) is 15.5. The Kier molecular flexibility index (Phi) is 4.47. The fourth-order valence-corrected chi connectivity index (χ4v) is 3.18. The number of allylic oxidation sites excluding steroid dienone is 4. The molecule has 1 aliphatic rings. The minimum atomic E-state index is 0.504. The van der Waals surface area contributed by atoms with Crippen LogP contribution in [0.4, 0.5) is 11.4 Å². The lowest BCUT2D eigenvalue weighted by molar-refractivity contribution is 0.854. The molecule has 0 aromatic heterocycles. The molecule has 0 radical (unpaired) electrons. The third kappa shape index (κ3) is 3.72. The third-order valence-corrected chi connectivity index (χ3v) is 4.60. The molecule has 1 nitrogen and oxygen atoms in total. The lowest BCUT2D eigenvalue weighted by Crippen LogP contribution is -1.97. The van der Waals surface area contributed by atoms with E-state index >= 15 is 0 Å². The van der Waals surface area contributed by atoms with Crippen molar-refractivity contribution in [3.8, 4) is 11.1 Å². The molecular formula is C24H21N. The van der Waals surface area contributed by atoms with Crippen LogP contribution in [0, 0.1) is 0 Å². The zero-order valence-corrected chi connectivity index (χ0v) is 14.1. The van der Waals surface area contributed by atoms with Crippen molar-refractivity contribution in [2.45, 2.75) is 12.3 Å². The van der Waals surface area contributed by atoms with Crippen LogP contribution in [0.3, 0.4) is 0 Å².